The van der Waals surface area contributed by atoms with Crippen molar-refractivity contribution in [2.45, 2.75) is 117 Å². The lowest BCUT2D eigenvalue weighted by atomic mass is 9.94. The van der Waals surface area contributed by atoms with E-state index in [1.54, 1.807) is 24.3 Å². The Labute approximate surface area is 306 Å². The number of carbonyl (C=O) groups excluding carboxylic acids is 4. The van der Waals surface area contributed by atoms with Gasteiger partial charge in [-0.3, -0.25) is 28.9 Å². The Morgan fingerprint density at radius 3 is 2.29 bits per heavy atom. The van der Waals surface area contributed by atoms with Crippen molar-refractivity contribution >= 4 is 41.0 Å². The highest BCUT2D eigenvalue weighted by atomic mass is 32.1. The molecule has 1 fully saturated rings. The van der Waals surface area contributed by atoms with E-state index in [0.29, 0.717) is 23.8 Å². The van der Waals surface area contributed by atoms with Gasteiger partial charge in [0.05, 0.1) is 12.0 Å². The zero-order chi connectivity index (χ0) is 37.8. The summed E-state index contributed by atoms with van der Waals surface area (Å²) in [5.41, 5.74) is 1.09. The number of carbonyl (C=O) groups is 5. The molecule has 1 aliphatic heterocycles. The Hall–Kier alpha value is -3.84. The fraction of sp³-hybridized carbons (Fsp3) is 0.632. The van der Waals surface area contributed by atoms with Gasteiger partial charge in [-0.1, -0.05) is 65.0 Å². The summed E-state index contributed by atoms with van der Waals surface area (Å²) in [6, 6.07) is 7.73. The molecular formula is C38H57N5O7S. The molecule has 1 aliphatic rings. The van der Waals surface area contributed by atoms with Crippen LogP contribution in [0.4, 0.5) is 0 Å². The van der Waals surface area contributed by atoms with E-state index in [2.05, 4.69) is 29.5 Å². The van der Waals surface area contributed by atoms with Crippen LogP contribution in [0.3, 0.4) is 0 Å². The number of thiazole rings is 1. The number of hydrogen-bond acceptors (Lipinski definition) is 9. The third kappa shape index (κ3) is 12.7. The third-order valence-corrected chi connectivity index (χ3v) is 10.5. The predicted molar refractivity (Wildman–Crippen MR) is 197 cm³/mol. The van der Waals surface area contributed by atoms with Crippen LogP contribution in [0.2, 0.25) is 0 Å². The van der Waals surface area contributed by atoms with Gasteiger partial charge in [-0.15, -0.1) is 11.3 Å². The first-order valence-electron chi connectivity index (χ1n) is 18.0. The number of hydrogen-bond donors (Lipinski definition) is 3. The molecule has 0 saturated carbocycles. The molecule has 3 N–H and O–H groups in total. The Morgan fingerprint density at radius 1 is 1.04 bits per heavy atom. The normalized spacial score (nSPS) is 17.7. The van der Waals surface area contributed by atoms with E-state index >= 15 is 0 Å². The Bertz CT molecular complexity index is 1470. The average Bonchev–Trinajstić information content (AvgIpc) is 3.74. The van der Waals surface area contributed by atoms with Gasteiger partial charge >= 0.3 is 11.9 Å². The number of likely N-dealkylation sites (tertiary alicyclic amines) is 1. The maximum Gasteiger partial charge on any atom is 0.306 e. The standard InChI is InChI=1S/C38H57N5O7S/c1-23(2)16-17-29(40-35(46)31-15-12-18-42(31)7)37(47)43(8)32(24(3)4)21-33(50-26(6)44)36-41-30(22-51-36)34(45)39-28(19-25(5)38(48)49)20-27-13-10-9-11-14-27/h9-11,13-14,22-25,28-29,31-33H,12,15-21H2,1-8H3,(H,39,45)(H,40,46)(H,48,49)/t25-,28+,29-,31+,32+,33+/m0/s1. The van der Waals surface area contributed by atoms with Gasteiger partial charge in [0.1, 0.15) is 16.7 Å². The van der Waals surface area contributed by atoms with Crippen LogP contribution in [-0.4, -0.2) is 94.4 Å². The van der Waals surface area contributed by atoms with E-state index in [0.717, 1.165) is 31.4 Å². The molecule has 1 saturated heterocycles. The van der Waals surface area contributed by atoms with Crippen LogP contribution in [0.5, 0.6) is 0 Å². The largest absolute Gasteiger partial charge is 0.481 e. The molecule has 2 aromatic rings. The number of rotatable bonds is 19. The molecule has 1 aromatic carbocycles. The summed E-state index contributed by atoms with van der Waals surface area (Å²) in [5, 5.41) is 17.6. The van der Waals surface area contributed by atoms with Crippen LogP contribution in [0.25, 0.3) is 0 Å². The van der Waals surface area contributed by atoms with Crippen LogP contribution >= 0.6 is 11.3 Å². The number of benzene rings is 1. The van der Waals surface area contributed by atoms with E-state index in [4.69, 9.17) is 4.74 Å². The minimum absolute atomic E-state index is 0.0443. The summed E-state index contributed by atoms with van der Waals surface area (Å²) in [6.07, 6.45) is 3.03. The highest BCUT2D eigenvalue weighted by molar-refractivity contribution is 7.09. The van der Waals surface area contributed by atoms with Crippen molar-refractivity contribution in [3.63, 3.8) is 0 Å². The summed E-state index contributed by atoms with van der Waals surface area (Å²) in [6.45, 7) is 11.9. The molecule has 12 nitrogen and oxygen atoms in total. The maximum absolute atomic E-state index is 14.1. The zero-order valence-corrected chi connectivity index (χ0v) is 32.2. The smallest absolute Gasteiger partial charge is 0.306 e. The van der Waals surface area contributed by atoms with Gasteiger partial charge in [-0.25, -0.2) is 4.98 Å². The minimum atomic E-state index is -0.944. The summed E-state index contributed by atoms with van der Waals surface area (Å²) >= 11 is 1.18. The van der Waals surface area contributed by atoms with Crippen molar-refractivity contribution in [2.24, 2.45) is 17.8 Å². The van der Waals surface area contributed by atoms with Gasteiger partial charge in [0, 0.05) is 37.9 Å². The number of nitrogens with zero attached hydrogens (tertiary/aromatic N) is 3. The van der Waals surface area contributed by atoms with Gasteiger partial charge in [-0.2, -0.15) is 0 Å². The zero-order valence-electron chi connectivity index (χ0n) is 31.4. The van der Waals surface area contributed by atoms with E-state index in [-0.39, 0.29) is 48.4 Å². The van der Waals surface area contributed by atoms with Crippen molar-refractivity contribution < 1.29 is 33.8 Å². The molecule has 282 valence electrons. The average molecular weight is 728 g/mol. The lowest BCUT2D eigenvalue weighted by molar-refractivity contribution is -0.149. The van der Waals surface area contributed by atoms with E-state index in [9.17, 15) is 29.1 Å². The number of carboxylic acids is 1. The second-order valence-corrected chi connectivity index (χ2v) is 15.6. The first-order chi connectivity index (χ1) is 24.1. The molecule has 1 aromatic heterocycles. The first-order valence-corrected chi connectivity index (χ1v) is 18.9. The molecule has 3 rings (SSSR count). The van der Waals surface area contributed by atoms with Crippen LogP contribution in [0.1, 0.15) is 107 Å². The van der Waals surface area contributed by atoms with Gasteiger partial charge in [0.15, 0.2) is 6.10 Å². The highest BCUT2D eigenvalue weighted by Crippen LogP contribution is 2.31. The van der Waals surface area contributed by atoms with E-state index in [1.165, 1.54) is 18.3 Å². The van der Waals surface area contributed by atoms with Gasteiger partial charge < -0.3 is 25.4 Å². The number of likely N-dealkylation sites (N-methyl/N-ethyl adjacent to an activating group) is 2. The van der Waals surface area contributed by atoms with Crippen LogP contribution in [0, 0.1) is 17.8 Å². The first kappa shape index (κ1) is 41.6. The topological polar surface area (TPSA) is 158 Å². The lowest BCUT2D eigenvalue weighted by Crippen LogP contribution is -2.54. The fourth-order valence-corrected chi connectivity index (χ4v) is 7.43. The lowest BCUT2D eigenvalue weighted by Gasteiger charge is -2.36. The fourth-order valence-electron chi connectivity index (χ4n) is 6.59. The molecule has 3 amide bonds. The molecule has 0 aliphatic carbocycles. The van der Waals surface area contributed by atoms with Crippen molar-refractivity contribution in [1.82, 2.24) is 25.4 Å². The summed E-state index contributed by atoms with van der Waals surface area (Å²) < 4.78 is 5.76. The van der Waals surface area contributed by atoms with Crippen molar-refractivity contribution in [2.75, 3.05) is 20.6 Å². The van der Waals surface area contributed by atoms with Crippen molar-refractivity contribution in [3.05, 3.63) is 52.0 Å². The highest BCUT2D eigenvalue weighted by Gasteiger charge is 2.36. The molecule has 0 bridgehead atoms. The van der Waals surface area contributed by atoms with Gasteiger partial charge in [-0.05, 0) is 69.5 Å². The van der Waals surface area contributed by atoms with Crippen LogP contribution < -0.4 is 10.6 Å². The van der Waals surface area contributed by atoms with Crippen molar-refractivity contribution in [3.8, 4) is 0 Å². The summed E-state index contributed by atoms with van der Waals surface area (Å²) in [7, 11) is 3.65. The number of nitrogens with one attached hydrogen (secondary N) is 2. The minimum Gasteiger partial charge on any atom is -0.481 e. The quantitative estimate of drug-likeness (QED) is 0.168. The number of aliphatic carboxylic acids is 1. The Morgan fingerprint density at radius 2 is 1.73 bits per heavy atom. The Balaban J connectivity index is 1.80. The molecule has 51 heavy (non-hydrogen) atoms. The molecule has 0 unspecified atom stereocenters. The molecule has 6 atom stereocenters. The van der Waals surface area contributed by atoms with E-state index in [1.807, 2.05) is 56.1 Å². The van der Waals surface area contributed by atoms with Gasteiger partial charge in [0.25, 0.3) is 5.91 Å². The second-order valence-electron chi connectivity index (χ2n) is 14.7. The maximum atomic E-state index is 14.1. The number of ether oxygens (including phenoxy) is 1. The number of aromatic nitrogens is 1. The third-order valence-electron chi connectivity index (χ3n) is 9.60. The van der Waals surface area contributed by atoms with Crippen LogP contribution in [-0.2, 0) is 30.3 Å². The second kappa shape index (κ2) is 19.7. The number of amides is 3. The molecule has 2 heterocycles. The number of esters is 1. The van der Waals surface area contributed by atoms with Crippen LogP contribution in [0.15, 0.2) is 35.7 Å². The monoisotopic (exact) mass is 727 g/mol. The van der Waals surface area contributed by atoms with E-state index < -0.39 is 42.0 Å². The van der Waals surface area contributed by atoms with Gasteiger partial charge in [0.2, 0.25) is 11.8 Å². The Kier molecular flexibility index (Phi) is 16.0. The number of carboxylic acid groups (broad SMARTS) is 1. The molecule has 0 spiro atoms. The molecular weight excluding hydrogens is 671 g/mol. The molecule has 0 radical (unpaired) electrons. The molecule has 13 heteroatoms. The SMILES string of the molecule is CC(=O)O[C@H](C[C@H](C(C)C)N(C)C(=O)[C@H](CCC(C)C)NC(=O)[C@H]1CCCN1C)c1nc(C(=O)N[C@@H](Cc2ccccc2)C[C@H](C)C(=O)O)cs1. The predicted octanol–water partition coefficient (Wildman–Crippen LogP) is 5.09. The summed E-state index contributed by atoms with van der Waals surface area (Å²) in [4.78, 5) is 73.1. The van der Waals surface area contributed by atoms with Crippen molar-refractivity contribution in [1.29, 1.82) is 0 Å². The summed E-state index contributed by atoms with van der Waals surface area (Å²) in [5.74, 6) is -2.64.